The van der Waals surface area contributed by atoms with E-state index >= 15 is 0 Å². The Hall–Kier alpha value is -2.72. The van der Waals surface area contributed by atoms with E-state index in [1.165, 1.54) is 7.11 Å². The van der Waals surface area contributed by atoms with Crippen molar-refractivity contribution in [3.8, 4) is 11.5 Å². The monoisotopic (exact) mass is 327 g/mol. The minimum absolute atomic E-state index is 0.116. The first-order valence-electron chi connectivity index (χ1n) is 6.93. The summed E-state index contributed by atoms with van der Waals surface area (Å²) >= 11 is 5.92. The second kappa shape index (κ2) is 6.58. The number of methoxy groups -OCH3 is 1. The lowest BCUT2D eigenvalue weighted by atomic mass is 10.2. The van der Waals surface area contributed by atoms with Crippen LogP contribution in [0.5, 0.6) is 11.5 Å². The van der Waals surface area contributed by atoms with Gasteiger partial charge in [-0.2, -0.15) is 0 Å². The maximum absolute atomic E-state index is 9.55. The van der Waals surface area contributed by atoms with E-state index in [1.54, 1.807) is 42.5 Å². The van der Waals surface area contributed by atoms with Crippen molar-refractivity contribution in [3.05, 3.63) is 65.0 Å². The SMILES string of the molecule is COc1cc(/C=C/C=C/c2nc3cc(Cl)ccc3o2)ccc1O. The van der Waals surface area contributed by atoms with Crippen molar-refractivity contribution >= 4 is 34.9 Å². The minimum atomic E-state index is 0.116. The molecule has 3 rings (SSSR count). The first-order chi connectivity index (χ1) is 11.2. The Morgan fingerprint density at radius 2 is 1.96 bits per heavy atom. The third-order valence-electron chi connectivity index (χ3n) is 3.21. The van der Waals surface area contributed by atoms with Crippen LogP contribution in [0.1, 0.15) is 11.5 Å². The van der Waals surface area contributed by atoms with Gasteiger partial charge >= 0.3 is 0 Å². The number of allylic oxidation sites excluding steroid dienone is 2. The van der Waals surface area contributed by atoms with Crippen LogP contribution in [-0.2, 0) is 0 Å². The Labute approximate surface area is 138 Å². The van der Waals surface area contributed by atoms with Crippen LogP contribution in [0, 0.1) is 0 Å². The number of oxazole rings is 1. The van der Waals surface area contributed by atoms with Gasteiger partial charge in [0.25, 0.3) is 0 Å². The van der Waals surface area contributed by atoms with Gasteiger partial charge in [-0.15, -0.1) is 0 Å². The van der Waals surface area contributed by atoms with Gasteiger partial charge in [0.05, 0.1) is 7.11 Å². The smallest absolute Gasteiger partial charge is 0.219 e. The van der Waals surface area contributed by atoms with Gasteiger partial charge in [0.15, 0.2) is 17.1 Å². The highest BCUT2D eigenvalue weighted by atomic mass is 35.5. The Morgan fingerprint density at radius 3 is 2.78 bits per heavy atom. The zero-order chi connectivity index (χ0) is 16.2. The van der Waals surface area contributed by atoms with Crippen LogP contribution in [0.3, 0.4) is 0 Å². The van der Waals surface area contributed by atoms with Crippen LogP contribution in [0.25, 0.3) is 23.3 Å². The molecule has 0 aliphatic carbocycles. The third kappa shape index (κ3) is 3.55. The zero-order valence-electron chi connectivity index (χ0n) is 12.4. The highest BCUT2D eigenvalue weighted by Crippen LogP contribution is 2.26. The molecule has 0 radical (unpaired) electrons. The second-order valence-corrected chi connectivity index (χ2v) is 5.25. The lowest BCUT2D eigenvalue weighted by Gasteiger charge is -2.03. The zero-order valence-corrected chi connectivity index (χ0v) is 13.1. The fraction of sp³-hybridized carbons (Fsp3) is 0.0556. The quantitative estimate of drug-likeness (QED) is 0.691. The summed E-state index contributed by atoms with van der Waals surface area (Å²) in [5.41, 5.74) is 2.33. The van der Waals surface area contributed by atoms with Gasteiger partial charge in [-0.05, 0) is 35.9 Å². The number of hydrogen-bond acceptors (Lipinski definition) is 4. The molecular formula is C18H14ClNO3. The van der Waals surface area contributed by atoms with Crippen LogP contribution in [0.15, 0.2) is 53.0 Å². The summed E-state index contributed by atoms with van der Waals surface area (Å²) in [6.45, 7) is 0. The largest absolute Gasteiger partial charge is 0.504 e. The van der Waals surface area contributed by atoms with Crippen LogP contribution in [-0.4, -0.2) is 17.2 Å². The van der Waals surface area contributed by atoms with E-state index in [-0.39, 0.29) is 5.75 Å². The number of benzene rings is 2. The molecule has 0 aliphatic rings. The van der Waals surface area contributed by atoms with Crippen LogP contribution >= 0.6 is 11.6 Å². The number of hydrogen-bond donors (Lipinski definition) is 1. The number of fused-ring (bicyclic) bond motifs is 1. The average Bonchev–Trinajstić information content (AvgIpc) is 2.94. The molecule has 116 valence electrons. The van der Waals surface area contributed by atoms with E-state index in [0.29, 0.717) is 22.2 Å². The number of aromatic hydroxyl groups is 1. The summed E-state index contributed by atoms with van der Waals surface area (Å²) in [5, 5.41) is 10.2. The van der Waals surface area contributed by atoms with Gasteiger partial charge in [-0.3, -0.25) is 0 Å². The number of halogens is 1. The molecular weight excluding hydrogens is 314 g/mol. The summed E-state index contributed by atoms with van der Waals surface area (Å²) in [4.78, 5) is 4.33. The fourth-order valence-electron chi connectivity index (χ4n) is 2.09. The Kier molecular flexibility index (Phi) is 4.35. The minimum Gasteiger partial charge on any atom is -0.504 e. The molecule has 4 nitrogen and oxygen atoms in total. The number of phenols is 1. The van der Waals surface area contributed by atoms with Crippen molar-refractivity contribution in [2.24, 2.45) is 0 Å². The Morgan fingerprint density at radius 1 is 1.13 bits per heavy atom. The van der Waals surface area contributed by atoms with Crippen molar-refractivity contribution < 1.29 is 14.3 Å². The van der Waals surface area contributed by atoms with Crippen LogP contribution in [0.2, 0.25) is 5.02 Å². The number of ether oxygens (including phenoxy) is 1. The maximum atomic E-state index is 9.55. The Bertz CT molecular complexity index is 896. The van der Waals surface area contributed by atoms with Crippen molar-refractivity contribution in [1.29, 1.82) is 0 Å². The lowest BCUT2D eigenvalue weighted by molar-refractivity contribution is 0.373. The molecule has 0 spiro atoms. The molecule has 0 saturated carbocycles. The summed E-state index contributed by atoms with van der Waals surface area (Å²) in [6.07, 6.45) is 7.33. The lowest BCUT2D eigenvalue weighted by Crippen LogP contribution is -1.83. The Balaban J connectivity index is 1.74. The van der Waals surface area contributed by atoms with E-state index in [0.717, 1.165) is 11.1 Å². The molecule has 1 heterocycles. The van der Waals surface area contributed by atoms with Gasteiger partial charge in [0.2, 0.25) is 5.89 Å². The summed E-state index contributed by atoms with van der Waals surface area (Å²) in [7, 11) is 1.52. The van der Waals surface area contributed by atoms with Gasteiger partial charge in [0, 0.05) is 11.1 Å². The van der Waals surface area contributed by atoms with Crippen LogP contribution < -0.4 is 4.74 Å². The second-order valence-electron chi connectivity index (χ2n) is 4.81. The van der Waals surface area contributed by atoms with Gasteiger partial charge in [-0.1, -0.05) is 35.9 Å². The first-order valence-corrected chi connectivity index (χ1v) is 7.31. The van der Waals surface area contributed by atoms with Crippen LogP contribution in [0.4, 0.5) is 0 Å². The van der Waals surface area contributed by atoms with Crippen molar-refractivity contribution in [3.63, 3.8) is 0 Å². The predicted molar refractivity (Wildman–Crippen MR) is 91.7 cm³/mol. The summed E-state index contributed by atoms with van der Waals surface area (Å²) in [5.74, 6) is 1.06. The van der Waals surface area contributed by atoms with Crippen molar-refractivity contribution in [2.45, 2.75) is 0 Å². The number of rotatable bonds is 4. The van der Waals surface area contributed by atoms with E-state index in [4.69, 9.17) is 20.8 Å². The van der Waals surface area contributed by atoms with Gasteiger partial charge in [0.1, 0.15) is 5.52 Å². The summed E-state index contributed by atoms with van der Waals surface area (Å²) < 4.78 is 10.7. The highest BCUT2D eigenvalue weighted by Gasteiger charge is 2.03. The molecule has 0 bridgehead atoms. The first kappa shape index (κ1) is 15.2. The van der Waals surface area contributed by atoms with E-state index in [1.807, 2.05) is 18.2 Å². The molecule has 0 amide bonds. The van der Waals surface area contributed by atoms with E-state index in [2.05, 4.69) is 4.98 Å². The van der Waals surface area contributed by atoms with Crippen molar-refractivity contribution in [2.75, 3.05) is 7.11 Å². The molecule has 0 aliphatic heterocycles. The molecule has 1 N–H and O–H groups in total. The maximum Gasteiger partial charge on any atom is 0.219 e. The standard InChI is InChI=1S/C18H14ClNO3/c1-22-17-10-12(6-8-15(17)21)4-2-3-5-18-20-14-11-13(19)7-9-16(14)23-18/h2-11,21H,1H3/b4-2+,5-3+. The number of nitrogens with zero attached hydrogens (tertiary/aromatic N) is 1. The third-order valence-corrected chi connectivity index (χ3v) is 3.44. The topological polar surface area (TPSA) is 55.5 Å². The molecule has 3 aromatic rings. The normalized spacial score (nSPS) is 11.7. The molecule has 1 aromatic heterocycles. The average molecular weight is 328 g/mol. The molecule has 2 aromatic carbocycles. The van der Waals surface area contributed by atoms with Gasteiger partial charge < -0.3 is 14.3 Å². The fourth-order valence-corrected chi connectivity index (χ4v) is 2.26. The molecule has 0 fully saturated rings. The summed E-state index contributed by atoms with van der Waals surface area (Å²) in [6, 6.07) is 10.5. The molecule has 0 atom stereocenters. The van der Waals surface area contributed by atoms with Crippen molar-refractivity contribution in [1.82, 2.24) is 4.98 Å². The molecule has 0 unspecified atom stereocenters. The molecule has 0 saturated heterocycles. The highest BCUT2D eigenvalue weighted by molar-refractivity contribution is 6.31. The van der Waals surface area contributed by atoms with Gasteiger partial charge in [-0.25, -0.2) is 4.98 Å². The molecule has 5 heteroatoms. The molecule has 23 heavy (non-hydrogen) atoms. The number of aromatic nitrogens is 1. The van der Waals surface area contributed by atoms with E-state index in [9.17, 15) is 5.11 Å². The van der Waals surface area contributed by atoms with E-state index < -0.39 is 0 Å². The predicted octanol–water partition coefficient (Wildman–Crippen LogP) is 4.92. The number of phenolic OH excluding ortho intramolecular Hbond substituents is 1.